The molecule has 2 aromatic carbocycles. The van der Waals surface area contributed by atoms with Crippen molar-refractivity contribution in [2.45, 2.75) is 4.90 Å². The van der Waals surface area contributed by atoms with E-state index in [1.807, 2.05) is 18.2 Å². The molecule has 1 amide bonds. The van der Waals surface area contributed by atoms with Gasteiger partial charge in [-0.15, -0.1) is 0 Å². The van der Waals surface area contributed by atoms with Crippen LogP contribution in [0.15, 0.2) is 65.7 Å². The summed E-state index contributed by atoms with van der Waals surface area (Å²) in [6.45, 7) is -0.193. The zero-order chi connectivity index (χ0) is 20.1. The first-order chi connectivity index (χ1) is 13.5. The van der Waals surface area contributed by atoms with Crippen molar-refractivity contribution < 1.29 is 14.1 Å². The summed E-state index contributed by atoms with van der Waals surface area (Å²) in [5.41, 5.74) is 2.18. The third-order valence-corrected chi connectivity index (χ3v) is 5.87. The molecule has 0 radical (unpaired) electrons. The first kappa shape index (κ1) is 20.5. The number of aliphatic hydroxyl groups is 1. The smallest absolute Gasteiger partial charge is 0.257 e. The van der Waals surface area contributed by atoms with Crippen molar-refractivity contribution >= 4 is 45.6 Å². The number of benzene rings is 2. The fraction of sp³-hybridized carbons (Fsp3) is 0.100. The third-order valence-electron chi connectivity index (χ3n) is 3.89. The lowest BCUT2D eigenvalue weighted by molar-refractivity contribution is 0.102. The number of pyridine rings is 1. The van der Waals surface area contributed by atoms with E-state index in [1.165, 1.54) is 12.1 Å². The first-order valence-electron chi connectivity index (χ1n) is 8.30. The second kappa shape index (κ2) is 9.30. The molecule has 0 aliphatic carbocycles. The van der Waals surface area contributed by atoms with Gasteiger partial charge in [-0.25, -0.2) is 0 Å². The Kier molecular flexibility index (Phi) is 6.80. The van der Waals surface area contributed by atoms with E-state index in [9.17, 15) is 9.00 Å². The largest absolute Gasteiger partial charge is 0.395 e. The van der Waals surface area contributed by atoms with Crippen LogP contribution in [0.2, 0.25) is 10.0 Å². The van der Waals surface area contributed by atoms with Gasteiger partial charge >= 0.3 is 0 Å². The Morgan fingerprint density at radius 2 is 1.89 bits per heavy atom. The molecule has 8 heteroatoms. The molecule has 1 heterocycles. The molecular weight excluding hydrogens is 419 g/mol. The summed E-state index contributed by atoms with van der Waals surface area (Å²) < 4.78 is 11.9. The number of nitrogens with one attached hydrogen (secondary N) is 1. The summed E-state index contributed by atoms with van der Waals surface area (Å²) in [4.78, 5) is 17.4. The van der Waals surface area contributed by atoms with Crippen molar-refractivity contribution in [3.8, 4) is 11.3 Å². The van der Waals surface area contributed by atoms with Crippen molar-refractivity contribution in [1.29, 1.82) is 0 Å². The maximum atomic E-state index is 12.6. The van der Waals surface area contributed by atoms with Crippen LogP contribution in [0.5, 0.6) is 0 Å². The van der Waals surface area contributed by atoms with Crippen molar-refractivity contribution in [1.82, 2.24) is 4.98 Å². The van der Waals surface area contributed by atoms with Crippen LogP contribution in [0.25, 0.3) is 11.3 Å². The highest BCUT2D eigenvalue weighted by Crippen LogP contribution is 2.30. The average molecular weight is 435 g/mol. The molecule has 0 fully saturated rings. The predicted octanol–water partition coefficient (Wildman–Crippen LogP) is 4.41. The summed E-state index contributed by atoms with van der Waals surface area (Å²) >= 11 is 12.5. The van der Waals surface area contributed by atoms with E-state index in [-0.39, 0.29) is 22.9 Å². The van der Waals surface area contributed by atoms with Gasteiger partial charge in [0.1, 0.15) is 0 Å². The molecule has 1 aromatic heterocycles. The van der Waals surface area contributed by atoms with Gasteiger partial charge in [0.2, 0.25) is 0 Å². The van der Waals surface area contributed by atoms with Gasteiger partial charge in [-0.05, 0) is 48.5 Å². The molecule has 0 bridgehead atoms. The number of rotatable bonds is 6. The molecule has 3 rings (SSSR count). The molecule has 2 N–H and O–H groups in total. The zero-order valence-corrected chi connectivity index (χ0v) is 16.9. The lowest BCUT2D eigenvalue weighted by atomic mass is 10.1. The van der Waals surface area contributed by atoms with Gasteiger partial charge in [-0.1, -0.05) is 29.3 Å². The Morgan fingerprint density at radius 3 is 2.57 bits per heavy atom. The van der Waals surface area contributed by atoms with Crippen LogP contribution in [-0.4, -0.2) is 32.6 Å². The predicted molar refractivity (Wildman–Crippen MR) is 112 cm³/mol. The van der Waals surface area contributed by atoms with Gasteiger partial charge in [0.25, 0.3) is 5.91 Å². The molecule has 1 unspecified atom stereocenters. The zero-order valence-electron chi connectivity index (χ0n) is 14.6. The topological polar surface area (TPSA) is 79.3 Å². The average Bonchev–Trinajstić information content (AvgIpc) is 2.70. The molecular formula is C20H16Cl2N2O3S. The molecule has 144 valence electrons. The number of anilines is 1. The molecule has 0 saturated carbocycles. The van der Waals surface area contributed by atoms with Gasteiger partial charge in [-0.2, -0.15) is 0 Å². The summed E-state index contributed by atoms with van der Waals surface area (Å²) in [7, 11) is -1.37. The Bertz CT molecular complexity index is 1030. The fourth-order valence-corrected chi connectivity index (χ4v) is 3.96. The summed E-state index contributed by atoms with van der Waals surface area (Å²) in [6.07, 6.45) is 1.67. The van der Waals surface area contributed by atoms with Gasteiger partial charge in [-0.3, -0.25) is 14.0 Å². The Balaban J connectivity index is 1.83. The second-order valence-corrected chi connectivity index (χ2v) is 8.16. The summed E-state index contributed by atoms with van der Waals surface area (Å²) in [5.74, 6) is -0.290. The highest BCUT2D eigenvalue weighted by atomic mass is 35.5. The first-order valence-corrected chi connectivity index (χ1v) is 10.4. The summed E-state index contributed by atoms with van der Waals surface area (Å²) in [6, 6.07) is 15.1. The Hall–Kier alpha value is -2.25. The lowest BCUT2D eigenvalue weighted by Crippen LogP contribution is -2.13. The van der Waals surface area contributed by atoms with Crippen LogP contribution in [0.4, 0.5) is 5.69 Å². The van der Waals surface area contributed by atoms with Crippen molar-refractivity contribution in [2.75, 3.05) is 17.7 Å². The summed E-state index contributed by atoms with van der Waals surface area (Å²) in [5, 5.41) is 12.4. The number of nitrogens with zero attached hydrogens (tertiary/aromatic N) is 1. The van der Waals surface area contributed by atoms with E-state index in [2.05, 4.69) is 10.3 Å². The van der Waals surface area contributed by atoms with Gasteiger partial charge < -0.3 is 10.4 Å². The van der Waals surface area contributed by atoms with Crippen molar-refractivity contribution in [3.63, 3.8) is 0 Å². The van der Waals surface area contributed by atoms with Crippen molar-refractivity contribution in [3.05, 3.63) is 76.4 Å². The van der Waals surface area contributed by atoms with Crippen LogP contribution >= 0.6 is 23.2 Å². The number of amides is 1. The van der Waals surface area contributed by atoms with Crippen LogP contribution < -0.4 is 5.32 Å². The van der Waals surface area contributed by atoms with E-state index < -0.39 is 16.7 Å². The highest BCUT2D eigenvalue weighted by molar-refractivity contribution is 7.85. The number of aromatic nitrogens is 1. The second-order valence-electron chi connectivity index (χ2n) is 5.78. The molecule has 0 saturated heterocycles. The normalized spacial score (nSPS) is 11.8. The van der Waals surface area contributed by atoms with Crippen LogP contribution in [0.3, 0.4) is 0 Å². The van der Waals surface area contributed by atoms with E-state index in [0.717, 1.165) is 0 Å². The Morgan fingerprint density at radius 1 is 1.07 bits per heavy atom. The molecule has 0 aliphatic heterocycles. The van der Waals surface area contributed by atoms with Gasteiger partial charge in [0.05, 0.1) is 44.5 Å². The molecule has 28 heavy (non-hydrogen) atoms. The maximum absolute atomic E-state index is 12.6. The van der Waals surface area contributed by atoms with Gasteiger partial charge in [0.15, 0.2) is 0 Å². The lowest BCUT2D eigenvalue weighted by Gasteiger charge is -2.11. The van der Waals surface area contributed by atoms with Crippen LogP contribution in [-0.2, 0) is 10.8 Å². The third kappa shape index (κ3) is 4.77. The van der Waals surface area contributed by atoms with Gasteiger partial charge in [0, 0.05) is 22.3 Å². The van der Waals surface area contributed by atoms with E-state index in [4.69, 9.17) is 28.3 Å². The fourth-order valence-electron chi connectivity index (χ4n) is 2.54. The van der Waals surface area contributed by atoms with Crippen LogP contribution in [0.1, 0.15) is 10.4 Å². The molecule has 3 aromatic rings. The standard InChI is InChI=1S/C20H16Cl2N2O3S/c21-17-7-4-13(11-16(17)19-3-1-2-8-23-19)24-20(26)15-6-5-14(12-18(15)22)28(27)10-9-25/h1-8,11-12,25H,9-10H2,(H,24,26). The number of halogens is 2. The van der Waals surface area contributed by atoms with E-state index in [0.29, 0.717) is 26.9 Å². The monoisotopic (exact) mass is 434 g/mol. The Labute approximate surface area is 174 Å². The van der Waals surface area contributed by atoms with Crippen LogP contribution in [0, 0.1) is 0 Å². The highest BCUT2D eigenvalue weighted by Gasteiger charge is 2.14. The number of carbonyl (C=O) groups excluding carboxylic acids is 1. The van der Waals surface area contributed by atoms with Crippen molar-refractivity contribution in [2.24, 2.45) is 0 Å². The molecule has 0 spiro atoms. The number of carbonyl (C=O) groups is 1. The molecule has 0 aliphatic rings. The number of hydrogen-bond donors (Lipinski definition) is 2. The number of aliphatic hydroxyl groups excluding tert-OH is 1. The number of hydrogen-bond acceptors (Lipinski definition) is 4. The SMILES string of the molecule is O=C(Nc1ccc(Cl)c(-c2ccccn2)c1)c1ccc(S(=O)CCO)cc1Cl. The minimum Gasteiger partial charge on any atom is -0.395 e. The maximum Gasteiger partial charge on any atom is 0.257 e. The minimum atomic E-state index is -1.37. The quantitative estimate of drug-likeness (QED) is 0.601. The molecule has 1 atom stereocenters. The molecule has 5 nitrogen and oxygen atoms in total. The minimum absolute atomic E-state index is 0.114. The van der Waals surface area contributed by atoms with E-state index in [1.54, 1.807) is 30.5 Å². The van der Waals surface area contributed by atoms with E-state index >= 15 is 0 Å².